The normalized spacial score (nSPS) is 12.6. The Labute approximate surface area is 174 Å². The van der Waals surface area contributed by atoms with Crippen LogP contribution in [-0.4, -0.2) is 35.2 Å². The molecule has 0 fully saturated rings. The standard InChI is InChI=1S/C23H47NO2S/c1-8-19-27-23(11-4,12-5)16-18-26-22(9-2,10-3)15-13-21(25)24-17-14-20(6)7/h20H,8-19H2,1-7H3,(H,24,25). The van der Waals surface area contributed by atoms with Gasteiger partial charge < -0.3 is 10.1 Å². The molecule has 0 unspecified atom stereocenters. The van der Waals surface area contributed by atoms with E-state index < -0.39 is 0 Å². The maximum Gasteiger partial charge on any atom is 0.220 e. The summed E-state index contributed by atoms with van der Waals surface area (Å²) in [5.74, 6) is 2.02. The third-order valence-electron chi connectivity index (χ3n) is 6.01. The number of carbonyl (C=O) groups excluding carboxylic acids is 1. The Balaban J connectivity index is 4.56. The van der Waals surface area contributed by atoms with Crippen molar-refractivity contribution in [3.05, 3.63) is 0 Å². The zero-order chi connectivity index (χ0) is 20.8. The highest BCUT2D eigenvalue weighted by Crippen LogP contribution is 2.37. The van der Waals surface area contributed by atoms with Crippen molar-refractivity contribution in [1.29, 1.82) is 0 Å². The molecule has 0 aliphatic heterocycles. The van der Waals surface area contributed by atoms with Gasteiger partial charge in [0.1, 0.15) is 0 Å². The average molecular weight is 402 g/mol. The molecule has 27 heavy (non-hydrogen) atoms. The molecule has 0 spiro atoms. The van der Waals surface area contributed by atoms with Gasteiger partial charge in [0, 0.05) is 24.3 Å². The average Bonchev–Trinajstić information content (AvgIpc) is 2.67. The molecule has 0 saturated carbocycles. The summed E-state index contributed by atoms with van der Waals surface area (Å²) in [5, 5.41) is 3.06. The molecule has 0 saturated heterocycles. The molecule has 0 radical (unpaired) electrons. The number of hydrogen-bond acceptors (Lipinski definition) is 3. The van der Waals surface area contributed by atoms with Gasteiger partial charge in [-0.15, -0.1) is 0 Å². The third-order valence-corrected chi connectivity index (χ3v) is 8.01. The molecule has 0 rings (SSSR count). The van der Waals surface area contributed by atoms with E-state index >= 15 is 0 Å². The van der Waals surface area contributed by atoms with Gasteiger partial charge >= 0.3 is 0 Å². The summed E-state index contributed by atoms with van der Waals surface area (Å²) in [6.07, 6.45) is 9.09. The van der Waals surface area contributed by atoms with Crippen LogP contribution in [0.5, 0.6) is 0 Å². The van der Waals surface area contributed by atoms with E-state index in [0.29, 0.717) is 17.1 Å². The highest BCUT2D eigenvalue weighted by molar-refractivity contribution is 8.00. The van der Waals surface area contributed by atoms with Crippen LogP contribution in [-0.2, 0) is 9.53 Å². The molecule has 0 aliphatic rings. The topological polar surface area (TPSA) is 38.3 Å². The number of amides is 1. The van der Waals surface area contributed by atoms with Crippen molar-refractivity contribution < 1.29 is 9.53 Å². The lowest BCUT2D eigenvalue weighted by Gasteiger charge is -2.36. The van der Waals surface area contributed by atoms with Crippen LogP contribution in [0.2, 0.25) is 0 Å². The highest BCUT2D eigenvalue weighted by Gasteiger charge is 2.31. The van der Waals surface area contributed by atoms with E-state index in [9.17, 15) is 4.79 Å². The van der Waals surface area contributed by atoms with Gasteiger partial charge in [-0.2, -0.15) is 11.8 Å². The van der Waals surface area contributed by atoms with Crippen LogP contribution in [0.3, 0.4) is 0 Å². The summed E-state index contributed by atoms with van der Waals surface area (Å²) < 4.78 is 6.81. The van der Waals surface area contributed by atoms with Crippen molar-refractivity contribution >= 4 is 17.7 Å². The second kappa shape index (κ2) is 14.7. The van der Waals surface area contributed by atoms with Gasteiger partial charge in [0.15, 0.2) is 0 Å². The fourth-order valence-electron chi connectivity index (χ4n) is 3.46. The van der Waals surface area contributed by atoms with E-state index in [2.05, 4.69) is 65.5 Å². The van der Waals surface area contributed by atoms with E-state index in [-0.39, 0.29) is 11.5 Å². The fourth-order valence-corrected chi connectivity index (χ4v) is 4.73. The molecule has 1 amide bonds. The Morgan fingerprint density at radius 2 is 1.63 bits per heavy atom. The number of ether oxygens (including phenoxy) is 1. The van der Waals surface area contributed by atoms with Crippen LogP contribution in [0.4, 0.5) is 0 Å². The summed E-state index contributed by atoms with van der Waals surface area (Å²) >= 11 is 2.12. The number of thioether (sulfide) groups is 1. The van der Waals surface area contributed by atoms with Gasteiger partial charge in [-0.25, -0.2) is 0 Å². The van der Waals surface area contributed by atoms with Gasteiger partial charge in [0.2, 0.25) is 5.91 Å². The number of hydrogen-bond donors (Lipinski definition) is 1. The molecule has 0 aromatic heterocycles. The quantitative estimate of drug-likeness (QED) is 0.298. The van der Waals surface area contributed by atoms with Crippen LogP contribution < -0.4 is 5.32 Å². The zero-order valence-corrected chi connectivity index (χ0v) is 20.1. The van der Waals surface area contributed by atoms with E-state index in [1.54, 1.807) is 0 Å². The third kappa shape index (κ3) is 10.8. The molecule has 1 N–H and O–H groups in total. The number of rotatable bonds is 17. The summed E-state index contributed by atoms with van der Waals surface area (Å²) in [5.41, 5.74) is -0.155. The van der Waals surface area contributed by atoms with Gasteiger partial charge in [-0.1, -0.05) is 48.5 Å². The highest BCUT2D eigenvalue weighted by atomic mass is 32.2. The molecular formula is C23H47NO2S. The molecule has 162 valence electrons. The molecular weight excluding hydrogens is 354 g/mol. The van der Waals surface area contributed by atoms with Gasteiger partial charge in [-0.05, 0) is 63.0 Å². The molecule has 0 aromatic carbocycles. The van der Waals surface area contributed by atoms with Crippen molar-refractivity contribution in [2.75, 3.05) is 18.9 Å². The predicted octanol–water partition coefficient (Wildman–Crippen LogP) is 6.60. The van der Waals surface area contributed by atoms with Crippen molar-refractivity contribution in [2.24, 2.45) is 5.92 Å². The Bertz CT molecular complexity index is 377. The molecule has 0 aromatic rings. The SMILES string of the molecule is CCCSC(CC)(CC)CCOC(CC)(CC)CCC(=O)NCCC(C)C. The van der Waals surface area contributed by atoms with E-state index in [1.807, 2.05) is 0 Å². The maximum absolute atomic E-state index is 12.2. The van der Waals surface area contributed by atoms with Crippen LogP contribution in [0, 0.1) is 5.92 Å². The first-order chi connectivity index (χ1) is 12.8. The largest absolute Gasteiger partial charge is 0.375 e. The first kappa shape index (κ1) is 26.8. The minimum atomic E-state index is -0.155. The summed E-state index contributed by atoms with van der Waals surface area (Å²) in [4.78, 5) is 12.2. The predicted molar refractivity (Wildman–Crippen MR) is 122 cm³/mol. The number of nitrogens with one attached hydrogen (secondary N) is 1. The molecule has 0 bridgehead atoms. The van der Waals surface area contributed by atoms with Crippen LogP contribution in [0.25, 0.3) is 0 Å². The lowest BCUT2D eigenvalue weighted by Crippen LogP contribution is -2.36. The Morgan fingerprint density at radius 3 is 2.11 bits per heavy atom. The summed E-state index contributed by atoms with van der Waals surface area (Å²) in [7, 11) is 0. The minimum Gasteiger partial charge on any atom is -0.375 e. The molecule has 0 atom stereocenters. The van der Waals surface area contributed by atoms with Gasteiger partial charge in [0.25, 0.3) is 0 Å². The fraction of sp³-hybridized carbons (Fsp3) is 0.957. The smallest absolute Gasteiger partial charge is 0.220 e. The van der Waals surface area contributed by atoms with Gasteiger partial charge in [0.05, 0.1) is 5.60 Å². The number of carbonyl (C=O) groups is 1. The summed E-state index contributed by atoms with van der Waals surface area (Å²) in [6, 6.07) is 0. The summed E-state index contributed by atoms with van der Waals surface area (Å²) in [6.45, 7) is 17.2. The Kier molecular flexibility index (Phi) is 14.6. The minimum absolute atomic E-state index is 0.155. The van der Waals surface area contributed by atoms with Crippen LogP contribution >= 0.6 is 11.8 Å². The van der Waals surface area contributed by atoms with Gasteiger partial charge in [-0.3, -0.25) is 4.79 Å². The second-order valence-corrected chi connectivity index (χ2v) is 9.82. The Morgan fingerprint density at radius 1 is 1.00 bits per heavy atom. The van der Waals surface area contributed by atoms with Crippen molar-refractivity contribution in [2.45, 2.75) is 117 Å². The lowest BCUT2D eigenvalue weighted by molar-refractivity contribution is -0.124. The molecule has 0 heterocycles. The second-order valence-electron chi connectivity index (χ2n) is 8.26. The van der Waals surface area contributed by atoms with Crippen molar-refractivity contribution in [3.8, 4) is 0 Å². The molecule has 3 nitrogen and oxygen atoms in total. The Hall–Kier alpha value is -0.220. The zero-order valence-electron chi connectivity index (χ0n) is 19.3. The van der Waals surface area contributed by atoms with E-state index in [4.69, 9.17) is 4.74 Å². The van der Waals surface area contributed by atoms with Crippen LogP contribution in [0.1, 0.15) is 106 Å². The first-order valence-electron chi connectivity index (χ1n) is 11.4. The molecule has 0 aliphatic carbocycles. The van der Waals surface area contributed by atoms with Crippen molar-refractivity contribution in [3.63, 3.8) is 0 Å². The monoisotopic (exact) mass is 401 g/mol. The van der Waals surface area contributed by atoms with Crippen LogP contribution in [0.15, 0.2) is 0 Å². The maximum atomic E-state index is 12.2. The lowest BCUT2D eigenvalue weighted by atomic mass is 9.90. The van der Waals surface area contributed by atoms with E-state index in [1.165, 1.54) is 25.0 Å². The van der Waals surface area contributed by atoms with Crippen molar-refractivity contribution in [1.82, 2.24) is 5.32 Å². The first-order valence-corrected chi connectivity index (χ1v) is 12.4. The van der Waals surface area contributed by atoms with E-state index in [0.717, 1.165) is 45.3 Å². The molecule has 4 heteroatoms.